The lowest BCUT2D eigenvalue weighted by molar-refractivity contribution is 1.31. The lowest BCUT2D eigenvalue weighted by atomic mass is 10.1. The minimum Gasteiger partial charge on any atom is -0.388 e. The van der Waals surface area contributed by atoms with Crippen LogP contribution in [0.1, 0.15) is 0 Å². The molecule has 0 unspecified atom stereocenters. The van der Waals surface area contributed by atoms with Crippen LogP contribution >= 0.6 is 0 Å². The average Bonchev–Trinajstić information content (AvgIpc) is 2.27. The van der Waals surface area contributed by atoms with Crippen molar-refractivity contribution < 1.29 is 0 Å². The Labute approximate surface area is 83.2 Å². The van der Waals surface area contributed by atoms with Crippen molar-refractivity contribution in [3.05, 3.63) is 30.5 Å². The largest absolute Gasteiger partial charge is 0.388 e. The third-order valence-electron chi connectivity index (χ3n) is 2.29. The van der Waals surface area contributed by atoms with Gasteiger partial charge in [0.15, 0.2) is 0 Å². The minimum absolute atomic E-state index is 0.916. The summed E-state index contributed by atoms with van der Waals surface area (Å²) < 4.78 is 0. The highest BCUT2D eigenvalue weighted by Crippen LogP contribution is 2.23. The van der Waals surface area contributed by atoms with E-state index in [0.29, 0.717) is 0 Å². The lowest BCUT2D eigenvalue weighted by Gasteiger charge is -2.06. The molecular weight excluding hydrogens is 174 g/mol. The Kier molecular flexibility index (Phi) is 2.23. The van der Waals surface area contributed by atoms with E-state index in [1.165, 1.54) is 5.39 Å². The number of rotatable bonds is 2. The maximum atomic E-state index is 4.26. The van der Waals surface area contributed by atoms with Crippen LogP contribution in [0.3, 0.4) is 0 Å². The lowest BCUT2D eigenvalue weighted by Crippen LogP contribution is -1.94. The summed E-state index contributed by atoms with van der Waals surface area (Å²) >= 11 is 0. The van der Waals surface area contributed by atoms with Gasteiger partial charge in [-0.15, -0.1) is 0 Å². The molecule has 1 heterocycles. The first-order valence-electron chi connectivity index (χ1n) is 4.59. The zero-order valence-electron chi connectivity index (χ0n) is 8.33. The molecule has 0 aliphatic heterocycles. The molecule has 72 valence electrons. The van der Waals surface area contributed by atoms with Crippen molar-refractivity contribution in [2.24, 2.45) is 0 Å². The van der Waals surface area contributed by atoms with E-state index in [4.69, 9.17) is 0 Å². The van der Waals surface area contributed by atoms with Gasteiger partial charge in [-0.2, -0.15) is 0 Å². The quantitative estimate of drug-likeness (QED) is 0.757. The number of fused-ring (bicyclic) bond motifs is 1. The molecule has 0 aliphatic carbocycles. The Bertz CT molecular complexity index is 451. The molecule has 3 heteroatoms. The van der Waals surface area contributed by atoms with E-state index in [2.05, 4.69) is 33.8 Å². The molecule has 2 N–H and O–H groups in total. The van der Waals surface area contributed by atoms with Crippen molar-refractivity contribution >= 4 is 22.3 Å². The van der Waals surface area contributed by atoms with E-state index in [0.717, 1.165) is 16.9 Å². The molecule has 0 aliphatic rings. The van der Waals surface area contributed by atoms with Crippen molar-refractivity contribution in [3.63, 3.8) is 0 Å². The molecule has 0 saturated heterocycles. The van der Waals surface area contributed by atoms with Crippen molar-refractivity contribution in [2.75, 3.05) is 24.7 Å². The number of benzene rings is 1. The number of nitrogens with zero attached hydrogens (tertiary/aromatic N) is 1. The summed E-state index contributed by atoms with van der Waals surface area (Å²) in [6.45, 7) is 0. The smallest absolute Gasteiger partial charge is 0.133 e. The third kappa shape index (κ3) is 1.37. The van der Waals surface area contributed by atoms with Crippen LogP contribution in [0.2, 0.25) is 0 Å². The highest BCUT2D eigenvalue weighted by atomic mass is 15.0. The Hall–Kier alpha value is -1.77. The van der Waals surface area contributed by atoms with Gasteiger partial charge in [0, 0.05) is 31.4 Å². The number of hydrogen-bond acceptors (Lipinski definition) is 3. The second-order valence-corrected chi connectivity index (χ2v) is 3.10. The normalized spacial score (nSPS) is 10.1. The molecule has 0 amide bonds. The number of hydrogen-bond donors (Lipinski definition) is 2. The number of nitrogens with one attached hydrogen (secondary N) is 2. The summed E-state index contributed by atoms with van der Waals surface area (Å²) in [6.07, 6.45) is 1.81. The van der Waals surface area contributed by atoms with Gasteiger partial charge in [0.1, 0.15) is 5.82 Å². The predicted molar refractivity (Wildman–Crippen MR) is 60.8 cm³/mol. The standard InChI is InChI=1S/C11H13N3/c1-12-9-4-3-8-5-6-14-11(13-2)10(8)7-9/h3-7,12H,1-2H3,(H,13,14). The van der Waals surface area contributed by atoms with Gasteiger partial charge in [0.2, 0.25) is 0 Å². The molecule has 0 spiro atoms. The molecule has 1 aromatic heterocycles. The summed E-state index contributed by atoms with van der Waals surface area (Å²) in [7, 11) is 3.80. The molecule has 2 aromatic rings. The highest BCUT2D eigenvalue weighted by Gasteiger charge is 2.00. The monoisotopic (exact) mass is 187 g/mol. The maximum absolute atomic E-state index is 4.26. The average molecular weight is 187 g/mol. The summed E-state index contributed by atoms with van der Waals surface area (Å²) in [5, 5.41) is 8.54. The number of pyridine rings is 1. The van der Waals surface area contributed by atoms with Crippen molar-refractivity contribution in [1.29, 1.82) is 0 Å². The second-order valence-electron chi connectivity index (χ2n) is 3.10. The van der Waals surface area contributed by atoms with Crippen molar-refractivity contribution in [3.8, 4) is 0 Å². The van der Waals surface area contributed by atoms with Gasteiger partial charge in [-0.1, -0.05) is 6.07 Å². The SMILES string of the molecule is CNc1ccc2ccnc(NC)c2c1. The minimum atomic E-state index is 0.916. The Morgan fingerprint density at radius 2 is 1.93 bits per heavy atom. The van der Waals surface area contributed by atoms with Crippen molar-refractivity contribution in [2.45, 2.75) is 0 Å². The zero-order valence-corrected chi connectivity index (χ0v) is 8.33. The van der Waals surface area contributed by atoms with E-state index in [-0.39, 0.29) is 0 Å². The molecule has 0 saturated carbocycles. The van der Waals surface area contributed by atoms with Crippen LogP contribution < -0.4 is 10.6 Å². The molecule has 3 nitrogen and oxygen atoms in total. The van der Waals surface area contributed by atoms with Crippen LogP contribution in [0.5, 0.6) is 0 Å². The van der Waals surface area contributed by atoms with Crippen LogP contribution in [0, 0.1) is 0 Å². The number of aromatic nitrogens is 1. The first-order valence-corrected chi connectivity index (χ1v) is 4.59. The Balaban J connectivity index is 2.70. The van der Waals surface area contributed by atoms with E-state index in [9.17, 15) is 0 Å². The summed E-state index contributed by atoms with van der Waals surface area (Å²) in [5.74, 6) is 0.916. The van der Waals surface area contributed by atoms with Crippen LogP contribution in [0.4, 0.5) is 11.5 Å². The van der Waals surface area contributed by atoms with Gasteiger partial charge >= 0.3 is 0 Å². The first-order chi connectivity index (χ1) is 6.85. The van der Waals surface area contributed by atoms with Crippen molar-refractivity contribution in [1.82, 2.24) is 4.98 Å². The van der Waals surface area contributed by atoms with Gasteiger partial charge in [0.25, 0.3) is 0 Å². The van der Waals surface area contributed by atoms with Gasteiger partial charge in [0.05, 0.1) is 0 Å². The number of anilines is 2. The fourth-order valence-corrected chi connectivity index (χ4v) is 1.52. The van der Waals surface area contributed by atoms with Crippen LogP contribution in [0.25, 0.3) is 10.8 Å². The first kappa shape index (κ1) is 8.81. The van der Waals surface area contributed by atoms with E-state index >= 15 is 0 Å². The van der Waals surface area contributed by atoms with Gasteiger partial charge in [-0.05, 0) is 23.6 Å². The van der Waals surface area contributed by atoms with E-state index in [1.54, 1.807) is 0 Å². The molecular formula is C11H13N3. The van der Waals surface area contributed by atoms with Gasteiger partial charge in [-0.3, -0.25) is 0 Å². The summed E-state index contributed by atoms with van der Waals surface area (Å²) in [6, 6.07) is 8.25. The van der Waals surface area contributed by atoms with Gasteiger partial charge in [-0.25, -0.2) is 4.98 Å². The molecule has 0 fully saturated rings. The van der Waals surface area contributed by atoms with Crippen LogP contribution in [-0.2, 0) is 0 Å². The molecule has 0 atom stereocenters. The molecule has 0 radical (unpaired) electrons. The predicted octanol–water partition coefficient (Wildman–Crippen LogP) is 2.32. The Morgan fingerprint density at radius 1 is 1.07 bits per heavy atom. The third-order valence-corrected chi connectivity index (χ3v) is 2.29. The van der Waals surface area contributed by atoms with Gasteiger partial charge < -0.3 is 10.6 Å². The molecule has 0 bridgehead atoms. The van der Waals surface area contributed by atoms with E-state index < -0.39 is 0 Å². The van der Waals surface area contributed by atoms with Crippen LogP contribution in [0.15, 0.2) is 30.5 Å². The molecule has 1 aromatic carbocycles. The molecule has 2 rings (SSSR count). The summed E-state index contributed by atoms with van der Waals surface area (Å²) in [4.78, 5) is 4.26. The topological polar surface area (TPSA) is 37.0 Å². The highest BCUT2D eigenvalue weighted by molar-refractivity contribution is 5.93. The fourth-order valence-electron chi connectivity index (χ4n) is 1.52. The Morgan fingerprint density at radius 3 is 2.64 bits per heavy atom. The van der Waals surface area contributed by atoms with Crippen LogP contribution in [-0.4, -0.2) is 19.1 Å². The van der Waals surface area contributed by atoms with E-state index in [1.807, 2.05) is 26.4 Å². The fraction of sp³-hybridized carbons (Fsp3) is 0.182. The molecule has 14 heavy (non-hydrogen) atoms. The second kappa shape index (κ2) is 3.54. The maximum Gasteiger partial charge on any atom is 0.133 e. The summed E-state index contributed by atoms with van der Waals surface area (Å²) in [5.41, 5.74) is 1.10. The zero-order chi connectivity index (χ0) is 9.97.